The number of aromatic nitrogens is 2. The number of aryl methyl sites for hydroxylation is 1. The van der Waals surface area contributed by atoms with Crippen LogP contribution in [-0.4, -0.2) is 34.0 Å². The van der Waals surface area contributed by atoms with Crippen LogP contribution < -0.4 is 5.32 Å². The highest BCUT2D eigenvalue weighted by Gasteiger charge is 2.17. The molecule has 0 aromatic carbocycles. The molecular weight excluding hydrogens is 242 g/mol. The number of anilines is 1. The van der Waals surface area contributed by atoms with Crippen LogP contribution in [0, 0.1) is 12.8 Å². The van der Waals surface area contributed by atoms with E-state index in [0.717, 1.165) is 0 Å². The first-order chi connectivity index (χ1) is 7.99. The number of nitrogens with zero attached hydrogens (tertiary/aromatic N) is 2. The molecule has 0 bridgehead atoms. The van der Waals surface area contributed by atoms with E-state index in [1.807, 2.05) is 13.8 Å². The molecule has 1 rings (SSSR count). The highest BCUT2D eigenvalue weighted by molar-refractivity contribution is 6.32. The summed E-state index contributed by atoms with van der Waals surface area (Å²) in [5, 5.41) is 12.4. The Morgan fingerprint density at radius 2 is 2.12 bits per heavy atom. The van der Waals surface area contributed by atoms with Crippen molar-refractivity contribution < 1.29 is 9.90 Å². The van der Waals surface area contributed by atoms with Gasteiger partial charge in [-0.25, -0.2) is 9.97 Å². The highest BCUT2D eigenvalue weighted by Crippen LogP contribution is 2.20. The highest BCUT2D eigenvalue weighted by atomic mass is 35.5. The van der Waals surface area contributed by atoms with Gasteiger partial charge in [0.15, 0.2) is 6.29 Å². The van der Waals surface area contributed by atoms with E-state index in [9.17, 15) is 9.90 Å². The SMILES string of the molecule is Cc1nc(Cl)c(C=O)c(N[C@H](CO)C(C)C)n1. The van der Waals surface area contributed by atoms with Crippen LogP contribution in [0.1, 0.15) is 30.0 Å². The molecule has 1 heterocycles. The van der Waals surface area contributed by atoms with E-state index in [2.05, 4.69) is 15.3 Å². The Kier molecular flexibility index (Phi) is 4.84. The fraction of sp³-hybridized carbons (Fsp3) is 0.545. The van der Waals surface area contributed by atoms with Crippen molar-refractivity contribution in [3.8, 4) is 0 Å². The average molecular weight is 258 g/mol. The lowest BCUT2D eigenvalue weighted by molar-refractivity contribution is 0.112. The van der Waals surface area contributed by atoms with Gasteiger partial charge in [0, 0.05) is 0 Å². The Hall–Kier alpha value is -1.20. The van der Waals surface area contributed by atoms with Crippen molar-refractivity contribution in [2.24, 2.45) is 5.92 Å². The summed E-state index contributed by atoms with van der Waals surface area (Å²) >= 11 is 5.86. The zero-order chi connectivity index (χ0) is 13.0. The number of hydrogen-bond donors (Lipinski definition) is 2. The molecule has 5 nitrogen and oxygen atoms in total. The van der Waals surface area contributed by atoms with E-state index in [1.54, 1.807) is 6.92 Å². The summed E-state index contributed by atoms with van der Waals surface area (Å²) in [4.78, 5) is 19.0. The fourth-order valence-corrected chi connectivity index (χ4v) is 1.62. The minimum Gasteiger partial charge on any atom is -0.394 e. The average Bonchev–Trinajstić information content (AvgIpc) is 2.24. The second kappa shape index (κ2) is 5.93. The van der Waals surface area contributed by atoms with E-state index in [0.29, 0.717) is 17.9 Å². The third kappa shape index (κ3) is 3.38. The largest absolute Gasteiger partial charge is 0.394 e. The lowest BCUT2D eigenvalue weighted by Gasteiger charge is -2.21. The van der Waals surface area contributed by atoms with Crippen molar-refractivity contribution in [2.45, 2.75) is 26.8 Å². The van der Waals surface area contributed by atoms with Crippen LogP contribution in [0.25, 0.3) is 0 Å². The first kappa shape index (κ1) is 13.9. The van der Waals surface area contributed by atoms with E-state index in [1.165, 1.54) is 0 Å². The molecule has 1 atom stereocenters. The molecule has 2 N–H and O–H groups in total. The smallest absolute Gasteiger partial charge is 0.156 e. The summed E-state index contributed by atoms with van der Waals surface area (Å²) in [7, 11) is 0. The van der Waals surface area contributed by atoms with Gasteiger partial charge >= 0.3 is 0 Å². The topological polar surface area (TPSA) is 75.1 Å². The first-order valence-electron chi connectivity index (χ1n) is 5.36. The predicted octanol–water partition coefficient (Wildman–Crippen LogP) is 1.68. The number of carbonyl (C=O) groups is 1. The number of hydrogen-bond acceptors (Lipinski definition) is 5. The first-order valence-corrected chi connectivity index (χ1v) is 5.74. The van der Waals surface area contributed by atoms with Gasteiger partial charge in [0.05, 0.1) is 18.2 Å². The molecule has 1 aromatic rings. The Bertz CT molecular complexity index is 410. The second-order valence-corrected chi connectivity index (χ2v) is 4.48. The van der Waals surface area contributed by atoms with Crippen molar-refractivity contribution in [1.29, 1.82) is 0 Å². The summed E-state index contributed by atoms with van der Waals surface area (Å²) in [5.74, 6) is 1.04. The zero-order valence-corrected chi connectivity index (χ0v) is 10.8. The van der Waals surface area contributed by atoms with E-state index in [4.69, 9.17) is 11.6 Å². The molecule has 0 saturated carbocycles. The van der Waals surface area contributed by atoms with Gasteiger partial charge < -0.3 is 10.4 Å². The van der Waals surface area contributed by atoms with Gasteiger partial charge in [-0.2, -0.15) is 0 Å². The third-order valence-corrected chi connectivity index (χ3v) is 2.74. The molecule has 0 saturated heterocycles. The Balaban J connectivity index is 3.08. The molecule has 6 heteroatoms. The number of aliphatic hydroxyl groups excluding tert-OH is 1. The van der Waals surface area contributed by atoms with Crippen LogP contribution in [-0.2, 0) is 0 Å². The molecule has 0 fully saturated rings. The van der Waals surface area contributed by atoms with Gasteiger partial charge in [-0.15, -0.1) is 0 Å². The molecule has 0 aliphatic carbocycles. The Labute approximate surface area is 105 Å². The number of aldehydes is 1. The number of rotatable bonds is 5. The maximum absolute atomic E-state index is 10.9. The van der Waals surface area contributed by atoms with Crippen molar-refractivity contribution in [3.63, 3.8) is 0 Å². The predicted molar refractivity (Wildman–Crippen MR) is 66.5 cm³/mol. The number of halogens is 1. The van der Waals surface area contributed by atoms with Crippen LogP contribution in [0.4, 0.5) is 5.82 Å². The van der Waals surface area contributed by atoms with Crippen molar-refractivity contribution in [3.05, 3.63) is 16.5 Å². The molecule has 0 amide bonds. The second-order valence-electron chi connectivity index (χ2n) is 4.12. The van der Waals surface area contributed by atoms with Crippen LogP contribution >= 0.6 is 11.6 Å². The maximum Gasteiger partial charge on any atom is 0.156 e. The van der Waals surface area contributed by atoms with Crippen LogP contribution in [0.15, 0.2) is 0 Å². The van der Waals surface area contributed by atoms with Gasteiger partial charge in [-0.05, 0) is 12.8 Å². The summed E-state index contributed by atoms with van der Waals surface area (Å²) < 4.78 is 0. The lowest BCUT2D eigenvalue weighted by atomic mass is 10.1. The Morgan fingerprint density at radius 3 is 2.59 bits per heavy atom. The van der Waals surface area contributed by atoms with E-state index >= 15 is 0 Å². The molecular formula is C11H16ClN3O2. The van der Waals surface area contributed by atoms with Crippen molar-refractivity contribution in [2.75, 3.05) is 11.9 Å². The minimum absolute atomic E-state index is 0.0450. The fourth-order valence-electron chi connectivity index (χ4n) is 1.36. The summed E-state index contributed by atoms with van der Waals surface area (Å²) in [6, 6.07) is -0.181. The molecule has 0 aliphatic rings. The molecule has 0 aliphatic heterocycles. The monoisotopic (exact) mass is 257 g/mol. The number of carbonyl (C=O) groups excluding carboxylic acids is 1. The normalized spacial score (nSPS) is 12.6. The third-order valence-electron chi connectivity index (χ3n) is 2.45. The van der Waals surface area contributed by atoms with Gasteiger partial charge in [0.1, 0.15) is 16.8 Å². The van der Waals surface area contributed by atoms with Crippen LogP contribution in [0.2, 0.25) is 5.15 Å². The summed E-state index contributed by atoms with van der Waals surface area (Å²) in [5.41, 5.74) is 0.219. The summed E-state index contributed by atoms with van der Waals surface area (Å²) in [6.07, 6.45) is 0.610. The molecule has 94 valence electrons. The van der Waals surface area contributed by atoms with Crippen LogP contribution in [0.5, 0.6) is 0 Å². The molecule has 1 aromatic heterocycles. The van der Waals surface area contributed by atoms with Crippen LogP contribution in [0.3, 0.4) is 0 Å². The van der Waals surface area contributed by atoms with E-state index < -0.39 is 0 Å². The van der Waals surface area contributed by atoms with Gasteiger partial charge in [0.25, 0.3) is 0 Å². The minimum atomic E-state index is -0.181. The molecule has 0 unspecified atom stereocenters. The standard InChI is InChI=1S/C11H16ClN3O2/c1-6(2)9(5-17)15-11-8(4-16)10(12)13-7(3)14-11/h4,6,9,17H,5H2,1-3H3,(H,13,14,15)/t9-/m1/s1. The van der Waals surface area contributed by atoms with Gasteiger partial charge in [-0.3, -0.25) is 4.79 Å². The Morgan fingerprint density at radius 1 is 1.47 bits per heavy atom. The zero-order valence-electron chi connectivity index (χ0n) is 10.1. The number of nitrogens with one attached hydrogen (secondary N) is 1. The van der Waals surface area contributed by atoms with Gasteiger partial charge in [0.2, 0.25) is 0 Å². The van der Waals surface area contributed by atoms with Crippen molar-refractivity contribution >= 4 is 23.7 Å². The molecule has 0 spiro atoms. The van der Waals surface area contributed by atoms with Gasteiger partial charge in [-0.1, -0.05) is 25.4 Å². The quantitative estimate of drug-likeness (QED) is 0.620. The van der Waals surface area contributed by atoms with E-state index in [-0.39, 0.29) is 29.3 Å². The molecule has 17 heavy (non-hydrogen) atoms. The lowest BCUT2D eigenvalue weighted by Crippen LogP contribution is -2.30. The summed E-state index contributed by atoms with van der Waals surface area (Å²) in [6.45, 7) is 5.57. The maximum atomic E-state index is 10.9. The molecule has 0 radical (unpaired) electrons. The number of aliphatic hydroxyl groups is 1. The van der Waals surface area contributed by atoms with Crippen molar-refractivity contribution in [1.82, 2.24) is 9.97 Å².